The molecular formula is C95H99BCs2N21O18P. The number of phenolic OH excluding ortho intramolecular Hbond substituents is 1. The molecule has 4 saturated heterocycles. The zero-order chi connectivity index (χ0) is 93.6. The van der Waals surface area contributed by atoms with Crippen LogP contribution in [0.25, 0.3) is 43.6 Å². The summed E-state index contributed by atoms with van der Waals surface area (Å²) in [6.45, 7) is 18.5. The molecule has 1 atom stereocenters. The quantitative estimate of drug-likeness (QED) is 0.00809. The molecule has 4 aliphatic heterocycles. The van der Waals surface area contributed by atoms with Crippen LogP contribution in [0.5, 0.6) is 40.2 Å². The molecule has 702 valence electrons. The molecule has 11 heterocycles. The number of rotatable bonds is 22. The second kappa shape index (κ2) is 54.5. The fourth-order valence-electron chi connectivity index (χ4n) is 14.1. The first-order valence-electron chi connectivity index (χ1n) is 42.3. The predicted octanol–water partition coefficient (Wildman–Crippen LogP) is 7.58. The molecule has 4 fully saturated rings. The van der Waals surface area contributed by atoms with Crippen LogP contribution >= 0.6 is 9.12 Å². The monoisotopic (exact) mass is 2130 g/mol. The minimum atomic E-state index is -1.11. The molecule has 0 radical (unpaired) electrons. The summed E-state index contributed by atoms with van der Waals surface area (Å²) in [4.78, 5) is 103. The van der Waals surface area contributed by atoms with Gasteiger partial charge < -0.3 is 118 Å². The Labute approximate surface area is 915 Å². The summed E-state index contributed by atoms with van der Waals surface area (Å²) in [5, 5.41) is 43.7. The maximum atomic E-state index is 12.3. The first-order chi connectivity index (χ1) is 65.3. The molecule has 7 aromatic heterocycles. The number of phenols is 1. The van der Waals surface area contributed by atoms with Crippen molar-refractivity contribution in [2.24, 2.45) is 5.73 Å². The van der Waals surface area contributed by atoms with Crippen LogP contribution in [0, 0.1) is 0 Å². The molecule has 0 saturated carbocycles. The largest absolute Gasteiger partial charge is 1.00 e. The van der Waals surface area contributed by atoms with E-state index < -0.39 is 23.4 Å². The number of carboxylic acid groups (broad SMARTS) is 1. The number of aromatic hydroxyl groups is 1. The van der Waals surface area contributed by atoms with Gasteiger partial charge in [-0.1, -0.05) is 48.5 Å². The number of benzene rings is 8. The molecule has 43 heteroatoms. The zero-order valence-corrected chi connectivity index (χ0v) is 89.9. The van der Waals surface area contributed by atoms with E-state index in [-0.39, 0.29) is 180 Å². The molecule has 0 bridgehead atoms. The van der Waals surface area contributed by atoms with Gasteiger partial charge in [-0.3, -0.25) is 14.6 Å². The van der Waals surface area contributed by atoms with Gasteiger partial charge in [-0.15, -0.1) is 0 Å². The number of para-hydroxylation sites is 8. The van der Waals surface area contributed by atoms with Gasteiger partial charge in [-0.05, 0) is 160 Å². The van der Waals surface area contributed by atoms with Crippen molar-refractivity contribution in [2.45, 2.75) is 26.4 Å². The molecule has 8 aromatic carbocycles. The number of hydrogen-bond donors (Lipinski definition) is 8. The SMILES string of the molecule is CC(C)(C)OC(=O)c1cc(Oc2ccc3nc(Nc4ccccc4N4CCOCC4)ncc3c2)ccn1.N.NC(=O)c1cc(Oc2ccc3nc(Nc4ccccc4N4CCOCC4)ncc3c2)ccn1.O.O=BP.O=C(O)c1cc(Oc2ccc3nc(Nc4ccccc4N4CCOCC4)ncc3c2)ccn1.O=CO[O-].Oc1ccc2nc(Nc3ccccc3N3CCOCC3)ncc2c1.[Cs+].[Cs+].[H-]. The van der Waals surface area contributed by atoms with E-state index in [1.165, 1.54) is 30.7 Å². The van der Waals surface area contributed by atoms with Gasteiger partial charge in [-0.2, -0.15) is 0 Å². The third-order valence-corrected chi connectivity index (χ3v) is 20.2. The number of morpholine rings is 4. The summed E-state index contributed by atoms with van der Waals surface area (Å²) in [6.07, 6.45) is 11.3. The van der Waals surface area contributed by atoms with E-state index in [2.05, 4.69) is 125 Å². The molecule has 138 heavy (non-hydrogen) atoms. The number of nitrogens with zero attached hydrogens (tertiary/aromatic N) is 15. The van der Waals surface area contributed by atoms with E-state index in [1.807, 2.05) is 151 Å². The molecule has 39 nitrogen and oxygen atoms in total. The van der Waals surface area contributed by atoms with Crippen molar-refractivity contribution in [2.75, 3.05) is 146 Å². The molecule has 1 amide bonds. The predicted molar refractivity (Wildman–Crippen MR) is 517 cm³/mol. The number of nitrogens with one attached hydrogen (secondary N) is 4. The van der Waals surface area contributed by atoms with Gasteiger partial charge in [0, 0.05) is 135 Å². The zero-order valence-electron chi connectivity index (χ0n) is 77.2. The van der Waals surface area contributed by atoms with E-state index in [1.54, 1.807) is 73.3 Å². The number of hydrogen-bond acceptors (Lipinski definition) is 36. The Balaban J connectivity index is 0.000000202. The Morgan fingerprint density at radius 1 is 0.435 bits per heavy atom. The second-order valence-corrected chi connectivity index (χ2v) is 30.9. The van der Waals surface area contributed by atoms with Crippen LogP contribution in [0.1, 0.15) is 53.7 Å². The van der Waals surface area contributed by atoms with Crippen molar-refractivity contribution in [3.8, 4) is 40.2 Å². The third-order valence-electron chi connectivity index (χ3n) is 20.2. The fraction of sp³-hybridized carbons (Fsp3) is 0.211. The number of aromatic carboxylic acids is 1. The summed E-state index contributed by atoms with van der Waals surface area (Å²) in [6, 6.07) is 63.4. The summed E-state index contributed by atoms with van der Waals surface area (Å²) < 4.78 is 53.6. The van der Waals surface area contributed by atoms with Crippen LogP contribution in [-0.4, -0.2) is 213 Å². The van der Waals surface area contributed by atoms with Crippen LogP contribution < -0.4 is 210 Å². The Morgan fingerprint density at radius 3 is 1.00 bits per heavy atom. The summed E-state index contributed by atoms with van der Waals surface area (Å²) >= 11 is 0. The molecular weight excluding hydrogens is 2030 g/mol. The van der Waals surface area contributed by atoms with Crippen LogP contribution in [0.3, 0.4) is 0 Å². The smallest absolute Gasteiger partial charge is 1.00 e. The Kier molecular flexibility index (Phi) is 42.7. The van der Waals surface area contributed by atoms with Gasteiger partial charge in [0.25, 0.3) is 12.4 Å². The molecule has 0 aliphatic carbocycles. The molecule has 0 spiro atoms. The van der Waals surface area contributed by atoms with Gasteiger partial charge in [0.15, 0.2) is 11.4 Å². The van der Waals surface area contributed by atoms with Crippen molar-refractivity contribution in [3.63, 3.8) is 0 Å². The topological polar surface area (TPSA) is 527 Å². The number of anilines is 12. The Bertz CT molecular complexity index is 6400. The van der Waals surface area contributed by atoms with Crippen molar-refractivity contribution in [1.29, 1.82) is 0 Å². The number of nitrogens with two attached hydrogens (primary N) is 1. The maximum Gasteiger partial charge on any atom is 1.00 e. The van der Waals surface area contributed by atoms with E-state index in [0.717, 1.165) is 155 Å². The number of carboxylic acids is 1. The van der Waals surface area contributed by atoms with Gasteiger partial charge in [0.1, 0.15) is 51.5 Å². The van der Waals surface area contributed by atoms with Gasteiger partial charge in [-0.25, -0.2) is 59.4 Å². The van der Waals surface area contributed by atoms with Gasteiger partial charge >= 0.3 is 170 Å². The molecule has 4 aliphatic rings. The summed E-state index contributed by atoms with van der Waals surface area (Å²) in [5.41, 5.74) is 16.2. The summed E-state index contributed by atoms with van der Waals surface area (Å²) in [7, 11) is 1.90. The van der Waals surface area contributed by atoms with Crippen molar-refractivity contribution in [3.05, 3.63) is 267 Å². The third kappa shape index (κ3) is 31.6. The minimum Gasteiger partial charge on any atom is -1.00 e. The number of fused-ring (bicyclic) bond motifs is 4. The van der Waals surface area contributed by atoms with E-state index in [0.29, 0.717) is 105 Å². The van der Waals surface area contributed by atoms with Gasteiger partial charge in [0.2, 0.25) is 23.8 Å². The van der Waals surface area contributed by atoms with Crippen molar-refractivity contribution >= 4 is 153 Å². The van der Waals surface area contributed by atoms with E-state index >= 15 is 0 Å². The molecule has 13 N–H and O–H groups in total. The van der Waals surface area contributed by atoms with Crippen molar-refractivity contribution in [1.82, 2.24) is 61.0 Å². The molecule has 19 rings (SSSR count). The van der Waals surface area contributed by atoms with Gasteiger partial charge in [0.05, 0.1) is 120 Å². The van der Waals surface area contributed by atoms with Crippen LogP contribution in [0.15, 0.2) is 250 Å². The number of aromatic nitrogens is 11. The first-order valence-corrected chi connectivity index (χ1v) is 43.0. The average Bonchev–Trinajstić information content (AvgIpc) is 0.816. The van der Waals surface area contributed by atoms with Crippen LogP contribution in [0.4, 0.5) is 69.3 Å². The first kappa shape index (κ1) is 108. The van der Waals surface area contributed by atoms with E-state index in [9.17, 15) is 19.5 Å². The number of esters is 1. The number of carbonyl (C=O) groups excluding carboxylic acids is 3. The number of amides is 1. The molecule has 1 unspecified atom stereocenters. The van der Waals surface area contributed by atoms with Crippen LogP contribution in [-0.2, 0) is 38.1 Å². The molecule has 15 aromatic rings. The number of carbonyl (C=O) groups is 4. The maximum absolute atomic E-state index is 12.3. The normalized spacial score (nSPS) is 13.0. The minimum absolute atomic E-state index is 0. The number of pyridine rings is 3. The fourth-order valence-corrected chi connectivity index (χ4v) is 14.1. The number of ether oxygens (including phenoxy) is 8. The average molecular weight is 2130 g/mol. The Hall–Kier alpha value is -11.8. The summed E-state index contributed by atoms with van der Waals surface area (Å²) in [5.74, 6) is 3.12. The van der Waals surface area contributed by atoms with Crippen molar-refractivity contribution < 1.29 is 227 Å². The van der Waals surface area contributed by atoms with E-state index in [4.69, 9.17) is 63.5 Å². The Morgan fingerprint density at radius 2 is 0.703 bits per heavy atom. The number of primary amides is 1. The second-order valence-electron chi connectivity index (χ2n) is 30.6. The van der Waals surface area contributed by atoms with Crippen LogP contribution in [0.2, 0.25) is 0 Å². The standard InChI is InChI=1S/C28H29N5O4.C24H22N6O3.C24H21N5O4.C18H18N4O2.CH2O3.BH2OP.2Cs.H3N.H2O.H/c1-28(2,3)37-26(34)24-17-21(10-11-29-24)36-20-8-9-22-19(16-20)18-30-27(31-22)32-23-6-4-5-7-25(23)33-12-14-35-15-13-33;25-23(31)21-14-18(7-8-26-21)33-17-5-6-19-16(13-17)15-27-24(28-19)29-20-3-1-2-4-22(20)30-9-11-32-12-10-30;30-23(31)21-14-18(7-8-25-21)33-17-5-6-19-16(13-17)15-26-24(27-19)28-20-3-1-2-4-22(20)29-9-11-32-12-10-29;23-14-5-6-15-13(11-14)12-19-18(20-15)21-16-3-1-2-4-17(16)22-7-9-24-10-8-22;2-1-4-3;2-1-3;;;;;/h4-11,16-18H,12-15H2,1-3H3,(H,30,31,32);1-8,13-15H,9-12H2,(H2,25,31)(H,27,28,29);1-8,13-15H,9-12H2,(H,30,31)(H,26,27,28);1-6,11-12,23H,7-10H2,(H,19,20,21);1,3H;3H2;;;1H3;1H2;/q;;;;;;2*+1;;;-1/p-1.